The van der Waals surface area contributed by atoms with Crippen LogP contribution in [-0.2, 0) is 112 Å². The highest BCUT2D eigenvalue weighted by Gasteiger charge is 2.56. The Kier molecular flexibility index (Phi) is 42.0. The van der Waals surface area contributed by atoms with E-state index in [0.29, 0.717) is 31.5 Å². The molecule has 6 aliphatic heterocycles. The number of imidazole rings is 1. The normalized spacial score (nSPS) is 27.7. The summed E-state index contributed by atoms with van der Waals surface area (Å²) >= 11 is 0. The van der Waals surface area contributed by atoms with E-state index >= 15 is 4.79 Å². The summed E-state index contributed by atoms with van der Waals surface area (Å²) in [5.74, 6) is -17.6. The van der Waals surface area contributed by atoms with E-state index in [0.717, 1.165) is 39.5 Å². The van der Waals surface area contributed by atoms with Gasteiger partial charge in [0, 0.05) is 64.9 Å². The molecule has 15 amide bonds. The van der Waals surface area contributed by atoms with Crippen LogP contribution in [0.25, 0.3) is 0 Å². The highest BCUT2D eigenvalue weighted by Crippen LogP contribution is 2.35. The number of H-pyrrole nitrogens is 1. The second kappa shape index (κ2) is 51.1. The van der Waals surface area contributed by atoms with E-state index in [4.69, 9.17) is 45.6 Å². The number of carbonyl (C=O) groups excluding carboxylic acids is 15. The van der Waals surface area contributed by atoms with Crippen molar-refractivity contribution < 1.29 is 161 Å². The molecular formula is C79H129N21O33. The zero-order chi connectivity index (χ0) is 98.9. The standard InChI is InChI=1S/C79H129N21O33/c1-10-84-67(119)44-16-12-20-98(44)74(126)34(5)89-68(120)45-17-14-22-100(45)75(127)41(15-11-19-85-79(81)82)92-71(123)53(35(6)105)96-65(117)42(24-51(109)110)93-69(121)46-18-13-21-99(46)73(125)33(4)88-66(118)43(27-101)94-72(124)54(97-70(122)52(32(2)3)95-50(108)26-86-64(116)40(80)23-39-25-83-31-87-39)36(7)128-77-56(91-38(9)107)63(58(112)48(29-103)129-77)133-76-55(90-37(8)106)59(113)62(49(30-104)131-76)132-78-61(115)60(114)57(111)47(28-102)130-78/h25,31-36,40-49,52-63,76-78,101-105,111-115H,10-24,26-30,80H2,1-9H3,(H,83,87)(H,84,119)(H,86,116)(H,88,118)(H,89,120)(H,90,106)(H,91,107)(H,92,123)(H,93,121)(H,94,124)(H,95,108)(H,96,117)(H,97,122)(H,109,110)(H4,81,82,85)/t33?,34?,35?,36?,40?,41?,42?,43?,44?,45?,46?,47-,48-,49-,52?,53?,54?,55?,56?,57-,58-,59?,60?,61?,62+,63?,76-,77-,78-/m0/s1. The van der Waals surface area contributed by atoms with Gasteiger partial charge in [-0.05, 0) is 91.9 Å². The van der Waals surface area contributed by atoms with Crippen molar-refractivity contribution in [3.8, 4) is 0 Å². The minimum atomic E-state index is -2.18. The molecule has 20 unspecified atom stereocenters. The van der Waals surface area contributed by atoms with E-state index in [9.17, 15) is 128 Å². The lowest BCUT2D eigenvalue weighted by Crippen LogP contribution is -2.71. The number of aliphatic hydroxyl groups excluding tert-OH is 10. The predicted octanol–water partition coefficient (Wildman–Crippen LogP) is -14.9. The number of likely N-dealkylation sites (N-methyl/N-ethyl adjacent to an activating group) is 1. The first-order valence-corrected chi connectivity index (χ1v) is 43.7. The molecule has 30 N–H and O–H groups in total. The fourth-order valence-electron chi connectivity index (χ4n) is 16.1. The molecule has 0 aromatic carbocycles. The van der Waals surface area contributed by atoms with E-state index < -0.39 is 311 Å². The summed E-state index contributed by atoms with van der Waals surface area (Å²) in [5, 5.41) is 148. The Labute approximate surface area is 762 Å². The lowest BCUT2D eigenvalue weighted by Gasteiger charge is -2.50. The smallest absolute Gasteiger partial charge is 0.305 e. The van der Waals surface area contributed by atoms with Gasteiger partial charge in [0.1, 0.15) is 140 Å². The second-order valence-electron chi connectivity index (χ2n) is 33.6. The molecule has 1 aromatic rings. The Hall–Kier alpha value is -10.7. The van der Waals surface area contributed by atoms with E-state index in [-0.39, 0.29) is 76.6 Å². The molecule has 54 heteroatoms. The third kappa shape index (κ3) is 29.7. The lowest BCUT2D eigenvalue weighted by atomic mass is 9.93. The first kappa shape index (κ1) is 109. The van der Waals surface area contributed by atoms with E-state index in [1.54, 1.807) is 6.92 Å². The summed E-state index contributed by atoms with van der Waals surface area (Å²) in [5.41, 5.74) is 17.6. The van der Waals surface area contributed by atoms with E-state index in [1.807, 2.05) is 0 Å². The minimum absolute atomic E-state index is 0.0100. The van der Waals surface area contributed by atoms with E-state index in [1.165, 1.54) is 43.1 Å². The number of carbonyl (C=O) groups is 16. The van der Waals surface area contributed by atoms with Gasteiger partial charge in [-0.2, -0.15) is 0 Å². The van der Waals surface area contributed by atoms with E-state index in [2.05, 4.69) is 78.8 Å². The van der Waals surface area contributed by atoms with Gasteiger partial charge in [-0.25, -0.2) is 4.98 Å². The first-order chi connectivity index (χ1) is 62.8. The number of rotatable bonds is 46. The van der Waals surface area contributed by atoms with Crippen LogP contribution in [0, 0.1) is 5.92 Å². The molecular weight excluding hydrogens is 1770 g/mol. The van der Waals surface area contributed by atoms with Crippen molar-refractivity contribution in [2.75, 3.05) is 65.7 Å². The van der Waals surface area contributed by atoms with Gasteiger partial charge in [0.05, 0.1) is 64.0 Å². The Morgan fingerprint density at radius 2 is 1.06 bits per heavy atom. The number of carboxylic acid groups (broad SMARTS) is 1. The molecule has 748 valence electrons. The Balaban J connectivity index is 1.08. The number of aliphatic imine (C=N–C) groups is 1. The van der Waals surface area contributed by atoms with Gasteiger partial charge in [-0.3, -0.25) is 81.7 Å². The molecule has 6 aliphatic rings. The third-order valence-electron chi connectivity index (χ3n) is 23.1. The highest BCUT2D eigenvalue weighted by molar-refractivity contribution is 6.01. The Morgan fingerprint density at radius 3 is 1.60 bits per heavy atom. The van der Waals surface area contributed by atoms with Crippen molar-refractivity contribution in [1.82, 2.24) is 88.5 Å². The molecule has 0 spiro atoms. The maximum atomic E-state index is 15.1. The molecule has 7 heterocycles. The fraction of sp³-hybridized carbons (Fsp3) is 0.747. The zero-order valence-corrected chi connectivity index (χ0v) is 75.0. The van der Waals surface area contributed by atoms with Crippen LogP contribution in [0.2, 0.25) is 0 Å². The highest BCUT2D eigenvalue weighted by atomic mass is 16.7. The lowest BCUT2D eigenvalue weighted by molar-refractivity contribution is -0.361. The number of carboxylic acids is 1. The summed E-state index contributed by atoms with van der Waals surface area (Å²) < 4.78 is 35.9. The number of aliphatic hydroxyl groups is 10. The van der Waals surface area contributed by atoms with Gasteiger partial charge < -0.3 is 185 Å². The minimum Gasteiger partial charge on any atom is -0.481 e. The number of hydrogen-bond donors (Lipinski definition) is 27. The summed E-state index contributed by atoms with van der Waals surface area (Å²) in [6.07, 6.45) is -26.2. The molecule has 0 saturated carbocycles. The zero-order valence-electron chi connectivity index (χ0n) is 75.0. The van der Waals surface area contributed by atoms with Gasteiger partial charge in [-0.15, -0.1) is 0 Å². The number of aromatic amines is 1. The van der Waals surface area contributed by atoms with Crippen LogP contribution in [0.5, 0.6) is 0 Å². The van der Waals surface area contributed by atoms with Crippen LogP contribution < -0.4 is 81.0 Å². The monoisotopic (exact) mass is 1900 g/mol. The number of nitrogens with zero attached hydrogens (tertiary/aromatic N) is 5. The number of guanidine groups is 1. The van der Waals surface area contributed by atoms with Crippen LogP contribution in [0.15, 0.2) is 17.5 Å². The summed E-state index contributed by atoms with van der Waals surface area (Å²) in [7, 11) is 0. The van der Waals surface area contributed by atoms with Crippen LogP contribution in [0.3, 0.4) is 0 Å². The van der Waals surface area contributed by atoms with Crippen LogP contribution >= 0.6 is 0 Å². The number of ether oxygens (including phenoxy) is 6. The topological polar surface area (TPSA) is 824 Å². The average Bonchev–Trinajstić information content (AvgIpc) is 1.38. The fourth-order valence-corrected chi connectivity index (χ4v) is 16.1. The molecule has 6 saturated heterocycles. The molecule has 6 fully saturated rings. The van der Waals surface area contributed by atoms with Gasteiger partial charge in [-0.1, -0.05) is 13.8 Å². The van der Waals surface area contributed by atoms with Crippen molar-refractivity contribution in [1.29, 1.82) is 0 Å². The molecule has 0 aliphatic carbocycles. The summed E-state index contributed by atoms with van der Waals surface area (Å²) in [4.78, 5) is 236. The van der Waals surface area contributed by atoms with Crippen LogP contribution in [0.1, 0.15) is 126 Å². The van der Waals surface area contributed by atoms with Crippen molar-refractivity contribution in [3.63, 3.8) is 0 Å². The van der Waals surface area contributed by atoms with Crippen LogP contribution in [-0.4, -0.2) is 424 Å². The molecule has 7 rings (SSSR count). The number of hydrogen-bond acceptors (Lipinski definition) is 35. The molecule has 0 bridgehead atoms. The van der Waals surface area contributed by atoms with Gasteiger partial charge in [0.2, 0.25) is 88.6 Å². The Bertz CT molecular complexity index is 4190. The number of nitrogens with two attached hydrogens (primary N) is 3. The van der Waals surface area contributed by atoms with Gasteiger partial charge in [0.15, 0.2) is 24.8 Å². The third-order valence-corrected chi connectivity index (χ3v) is 23.1. The molecule has 1 aromatic heterocycles. The number of nitrogens with one attached hydrogen (secondary N) is 13. The number of aromatic nitrogens is 2. The predicted molar refractivity (Wildman–Crippen MR) is 452 cm³/mol. The number of amides is 15. The summed E-state index contributed by atoms with van der Waals surface area (Å²) in [6, 6.07) is -22.7. The van der Waals surface area contributed by atoms with Crippen molar-refractivity contribution in [3.05, 3.63) is 18.2 Å². The van der Waals surface area contributed by atoms with Gasteiger partial charge in [0.25, 0.3) is 0 Å². The average molecular weight is 1900 g/mol. The van der Waals surface area contributed by atoms with Crippen LogP contribution in [0.4, 0.5) is 0 Å². The number of aliphatic carboxylic acids is 1. The van der Waals surface area contributed by atoms with Gasteiger partial charge >= 0.3 is 5.97 Å². The van der Waals surface area contributed by atoms with Crippen molar-refractivity contribution in [2.24, 2.45) is 28.1 Å². The quantitative estimate of drug-likeness (QED) is 0.0164. The molecule has 133 heavy (non-hydrogen) atoms. The van der Waals surface area contributed by atoms with Crippen molar-refractivity contribution in [2.45, 2.75) is 303 Å². The molecule has 54 nitrogen and oxygen atoms in total. The summed E-state index contributed by atoms with van der Waals surface area (Å²) in [6.45, 7) is 6.41. The maximum absolute atomic E-state index is 15.1. The molecule has 29 atom stereocenters. The largest absolute Gasteiger partial charge is 0.481 e. The SMILES string of the molecule is CCNC(=O)C1CCCN1C(=O)C(C)NC(=O)C1CCCN1C(=O)C(CCCN=C(N)N)NC(=O)C(NC(=O)C(CC(=O)O)NC(=O)C1CCCN1C(=O)C(C)NC(=O)C(CO)NC(=O)C(NC(=O)C(NC(=O)CNC(=O)C(N)Cc1cnc[nH]1)C(C)C)C(C)O[C@H]1O[C@@H](CO)[C@H](O)C(O[C@@H]2O[C@@H](CO)[C@@H](O[C@@H]3O[C@@H](CO)[C@H](O)C(O)C3O)C(O)C2NC(C)=O)C1NC(C)=O)C(C)O. The number of likely N-dealkylation sites (tertiary alicyclic amines) is 3. The molecule has 0 radical (unpaired) electrons. The maximum Gasteiger partial charge on any atom is 0.305 e. The first-order valence-electron chi connectivity index (χ1n) is 43.7. The second-order valence-corrected chi connectivity index (χ2v) is 33.6. The van der Waals surface area contributed by atoms with Crippen molar-refractivity contribution >= 4 is 101 Å². The Morgan fingerprint density at radius 1 is 0.549 bits per heavy atom.